The average molecular weight is 245 g/mol. The Morgan fingerprint density at radius 1 is 1.17 bits per heavy atom. The Balaban J connectivity index is 2.01. The van der Waals surface area contributed by atoms with Crippen LogP contribution in [0.15, 0.2) is 48.5 Å². The van der Waals surface area contributed by atoms with Crippen molar-refractivity contribution >= 4 is 11.6 Å². The van der Waals surface area contributed by atoms with Gasteiger partial charge in [-0.25, -0.2) is 4.39 Å². The van der Waals surface area contributed by atoms with Gasteiger partial charge in [-0.15, -0.1) is 0 Å². The number of carbonyl (C=O) groups is 1. The minimum atomic E-state index is -0.757. The zero-order valence-electron chi connectivity index (χ0n) is 9.56. The van der Waals surface area contributed by atoms with Gasteiger partial charge in [-0.1, -0.05) is 30.3 Å². The smallest absolute Gasteiger partial charge is 0.228 e. The molecule has 0 spiro atoms. The first-order valence-corrected chi connectivity index (χ1v) is 5.47. The molecule has 0 saturated carbocycles. The number of carbonyl (C=O) groups excluding carboxylic acids is 1. The lowest BCUT2D eigenvalue weighted by atomic mass is 10.1. The maximum atomic E-state index is 13.1. The highest BCUT2D eigenvalue weighted by molar-refractivity contribution is 5.92. The van der Waals surface area contributed by atoms with Crippen molar-refractivity contribution < 1.29 is 14.3 Å². The van der Waals surface area contributed by atoms with Crippen LogP contribution in [0.5, 0.6) is 5.75 Å². The number of benzene rings is 2. The van der Waals surface area contributed by atoms with Crippen LogP contribution in [-0.4, -0.2) is 11.0 Å². The van der Waals surface area contributed by atoms with E-state index in [1.165, 1.54) is 12.1 Å². The second kappa shape index (κ2) is 5.31. The minimum absolute atomic E-state index is 0.226. The molecule has 0 fully saturated rings. The molecule has 2 rings (SSSR count). The fourth-order valence-corrected chi connectivity index (χ4v) is 1.57. The summed E-state index contributed by atoms with van der Waals surface area (Å²) in [6.07, 6.45) is 0.226. The Kier molecular flexibility index (Phi) is 3.57. The molecular formula is C14H12FNO2. The van der Waals surface area contributed by atoms with Crippen molar-refractivity contribution in [3.8, 4) is 5.75 Å². The van der Waals surface area contributed by atoms with Crippen molar-refractivity contribution in [2.75, 3.05) is 5.32 Å². The molecule has 0 bridgehead atoms. The van der Waals surface area contributed by atoms with Gasteiger partial charge in [0.2, 0.25) is 5.91 Å². The van der Waals surface area contributed by atoms with Gasteiger partial charge in [-0.05, 0) is 17.7 Å². The van der Waals surface area contributed by atoms with Crippen molar-refractivity contribution in [1.82, 2.24) is 0 Å². The number of hydrogen-bond donors (Lipinski definition) is 2. The molecule has 0 aromatic heterocycles. The molecule has 0 atom stereocenters. The number of phenolic OH excluding ortho intramolecular Hbond substituents is 1. The summed E-state index contributed by atoms with van der Waals surface area (Å²) >= 11 is 0. The van der Waals surface area contributed by atoms with Gasteiger partial charge in [0.25, 0.3) is 0 Å². The molecule has 0 heterocycles. The van der Waals surface area contributed by atoms with E-state index < -0.39 is 11.6 Å². The number of anilines is 1. The van der Waals surface area contributed by atoms with Gasteiger partial charge in [0.1, 0.15) is 0 Å². The Morgan fingerprint density at radius 3 is 2.56 bits per heavy atom. The molecule has 0 aliphatic rings. The lowest BCUT2D eigenvalue weighted by Gasteiger charge is -2.06. The minimum Gasteiger partial charge on any atom is -0.505 e. The summed E-state index contributed by atoms with van der Waals surface area (Å²) in [6.45, 7) is 0. The number of phenols is 1. The number of nitrogens with one attached hydrogen (secondary N) is 1. The van der Waals surface area contributed by atoms with E-state index in [1.54, 1.807) is 0 Å². The quantitative estimate of drug-likeness (QED) is 0.817. The van der Waals surface area contributed by atoms with E-state index in [4.69, 9.17) is 5.11 Å². The van der Waals surface area contributed by atoms with Gasteiger partial charge in [-0.2, -0.15) is 0 Å². The second-order valence-electron chi connectivity index (χ2n) is 3.88. The van der Waals surface area contributed by atoms with Gasteiger partial charge in [0.15, 0.2) is 11.6 Å². The van der Waals surface area contributed by atoms with Gasteiger partial charge >= 0.3 is 0 Å². The summed E-state index contributed by atoms with van der Waals surface area (Å²) in [7, 11) is 0. The summed E-state index contributed by atoms with van der Waals surface area (Å²) in [4.78, 5) is 11.7. The summed E-state index contributed by atoms with van der Waals surface area (Å²) in [5.41, 5.74) is 1.21. The predicted molar refractivity (Wildman–Crippen MR) is 66.8 cm³/mol. The standard InChI is InChI=1S/C14H12FNO2/c15-12-9-11(6-7-13(12)17)16-14(18)8-10-4-2-1-3-5-10/h1-7,9,17H,8H2,(H,16,18). The van der Waals surface area contributed by atoms with Gasteiger partial charge in [-0.3, -0.25) is 4.79 Å². The van der Waals surface area contributed by atoms with E-state index >= 15 is 0 Å². The molecule has 0 saturated heterocycles. The number of rotatable bonds is 3. The highest BCUT2D eigenvalue weighted by atomic mass is 19.1. The van der Waals surface area contributed by atoms with Crippen molar-refractivity contribution in [3.05, 3.63) is 59.9 Å². The first kappa shape index (κ1) is 12.1. The molecule has 0 aliphatic heterocycles. The van der Waals surface area contributed by atoms with E-state index in [2.05, 4.69) is 5.32 Å². The lowest BCUT2D eigenvalue weighted by molar-refractivity contribution is -0.115. The van der Waals surface area contributed by atoms with Crippen molar-refractivity contribution in [3.63, 3.8) is 0 Å². The van der Waals surface area contributed by atoms with Crippen LogP contribution in [0.4, 0.5) is 10.1 Å². The highest BCUT2D eigenvalue weighted by Crippen LogP contribution is 2.19. The van der Waals surface area contributed by atoms with Crippen LogP contribution in [0.2, 0.25) is 0 Å². The third kappa shape index (κ3) is 3.07. The van der Waals surface area contributed by atoms with Crippen LogP contribution in [0, 0.1) is 5.82 Å². The van der Waals surface area contributed by atoms with Crippen LogP contribution in [0.1, 0.15) is 5.56 Å². The van der Waals surface area contributed by atoms with E-state index in [0.717, 1.165) is 11.6 Å². The zero-order valence-corrected chi connectivity index (χ0v) is 9.56. The summed E-state index contributed by atoms with van der Waals surface area (Å²) in [5.74, 6) is -1.42. The second-order valence-corrected chi connectivity index (χ2v) is 3.88. The predicted octanol–water partition coefficient (Wildman–Crippen LogP) is 2.71. The van der Waals surface area contributed by atoms with Crippen LogP contribution < -0.4 is 5.32 Å². The van der Waals surface area contributed by atoms with Crippen LogP contribution in [0.25, 0.3) is 0 Å². The van der Waals surface area contributed by atoms with Crippen molar-refractivity contribution in [2.45, 2.75) is 6.42 Å². The first-order valence-electron chi connectivity index (χ1n) is 5.47. The maximum absolute atomic E-state index is 13.1. The summed E-state index contributed by atoms with van der Waals surface area (Å²) in [6, 6.07) is 13.0. The molecule has 18 heavy (non-hydrogen) atoms. The Labute approximate surface area is 104 Å². The van der Waals surface area contributed by atoms with E-state index in [0.29, 0.717) is 5.69 Å². The van der Waals surface area contributed by atoms with Gasteiger partial charge in [0, 0.05) is 11.8 Å². The molecule has 2 aromatic rings. The molecule has 0 aliphatic carbocycles. The molecule has 3 nitrogen and oxygen atoms in total. The fraction of sp³-hybridized carbons (Fsp3) is 0.0714. The molecule has 4 heteroatoms. The Hall–Kier alpha value is -2.36. The molecule has 0 unspecified atom stereocenters. The Morgan fingerprint density at radius 2 is 1.89 bits per heavy atom. The zero-order chi connectivity index (χ0) is 13.0. The van der Waals surface area contributed by atoms with Crippen LogP contribution in [-0.2, 0) is 11.2 Å². The summed E-state index contributed by atoms with van der Waals surface area (Å²) in [5, 5.41) is 11.6. The van der Waals surface area contributed by atoms with Gasteiger partial charge in [0.05, 0.1) is 6.42 Å². The first-order chi connectivity index (χ1) is 8.65. The number of aromatic hydroxyl groups is 1. The third-order valence-electron chi connectivity index (χ3n) is 2.44. The third-order valence-corrected chi connectivity index (χ3v) is 2.44. The highest BCUT2D eigenvalue weighted by Gasteiger charge is 2.06. The van der Waals surface area contributed by atoms with Crippen LogP contribution >= 0.6 is 0 Å². The molecule has 1 amide bonds. The van der Waals surface area contributed by atoms with Crippen LogP contribution in [0.3, 0.4) is 0 Å². The van der Waals surface area contributed by atoms with E-state index in [-0.39, 0.29) is 12.3 Å². The largest absolute Gasteiger partial charge is 0.505 e. The monoisotopic (exact) mass is 245 g/mol. The van der Waals surface area contributed by atoms with E-state index in [9.17, 15) is 9.18 Å². The van der Waals surface area contributed by atoms with Gasteiger partial charge < -0.3 is 10.4 Å². The average Bonchev–Trinajstić information content (AvgIpc) is 2.35. The Bertz CT molecular complexity index is 555. The molecule has 2 aromatic carbocycles. The SMILES string of the molecule is O=C(Cc1ccccc1)Nc1ccc(O)c(F)c1. The lowest BCUT2D eigenvalue weighted by Crippen LogP contribution is -2.14. The molecular weight excluding hydrogens is 233 g/mol. The van der Waals surface area contributed by atoms with Crippen molar-refractivity contribution in [1.29, 1.82) is 0 Å². The van der Waals surface area contributed by atoms with Crippen molar-refractivity contribution in [2.24, 2.45) is 0 Å². The molecule has 0 radical (unpaired) electrons. The normalized spacial score (nSPS) is 10.1. The summed E-state index contributed by atoms with van der Waals surface area (Å²) < 4.78 is 13.1. The van der Waals surface area contributed by atoms with E-state index in [1.807, 2.05) is 30.3 Å². The number of amides is 1. The number of halogens is 1. The topological polar surface area (TPSA) is 49.3 Å². The number of hydrogen-bond acceptors (Lipinski definition) is 2. The fourth-order valence-electron chi connectivity index (χ4n) is 1.57. The maximum Gasteiger partial charge on any atom is 0.228 e. The molecule has 2 N–H and O–H groups in total. The molecule has 92 valence electrons.